The van der Waals surface area contributed by atoms with E-state index in [9.17, 15) is 0 Å². The van der Waals surface area contributed by atoms with Gasteiger partial charge in [-0.2, -0.15) is 0 Å². The summed E-state index contributed by atoms with van der Waals surface area (Å²) in [6.45, 7) is 1.78. The molecule has 1 aromatic carbocycles. The van der Waals surface area contributed by atoms with Gasteiger partial charge in [-0.05, 0) is 26.2 Å². The predicted molar refractivity (Wildman–Crippen MR) is 94.1 cm³/mol. The number of benzene rings is 1. The van der Waals surface area contributed by atoms with Crippen molar-refractivity contribution in [1.82, 2.24) is 19.9 Å². The second kappa shape index (κ2) is 7.02. The number of pyridine rings is 1. The van der Waals surface area contributed by atoms with Crippen LogP contribution in [0.5, 0.6) is 0 Å². The Morgan fingerprint density at radius 2 is 1.83 bits per heavy atom. The second-order valence-electron chi connectivity index (χ2n) is 5.52. The Bertz CT molecular complexity index is 781. The molecule has 0 bridgehead atoms. The molecule has 0 atom stereocenters. The summed E-state index contributed by atoms with van der Waals surface area (Å²) in [5.74, 6) is 1.54. The van der Waals surface area contributed by atoms with Crippen molar-refractivity contribution in [3.05, 3.63) is 48.9 Å². The van der Waals surface area contributed by atoms with Gasteiger partial charge in [0.15, 0.2) is 0 Å². The maximum Gasteiger partial charge on any atom is 0.135 e. The lowest BCUT2D eigenvalue weighted by Crippen LogP contribution is -2.21. The minimum absolute atomic E-state index is 0.741. The first-order valence-electron chi connectivity index (χ1n) is 7.54. The van der Waals surface area contributed by atoms with Gasteiger partial charge in [0.05, 0.1) is 11.2 Å². The number of nitrogens with zero attached hydrogens (tertiary/aromatic N) is 4. The molecular weight excluding hydrogens is 288 g/mol. The van der Waals surface area contributed by atoms with E-state index >= 15 is 0 Å². The highest BCUT2D eigenvalue weighted by molar-refractivity contribution is 5.91. The molecule has 0 spiro atoms. The summed E-state index contributed by atoms with van der Waals surface area (Å²) in [6, 6.07) is 11.9. The van der Waals surface area contributed by atoms with E-state index in [1.807, 2.05) is 50.5 Å². The number of hydrogen-bond acceptors (Lipinski definition) is 6. The molecule has 2 N–H and O–H groups in total. The minimum atomic E-state index is 0.741. The fraction of sp³-hybridized carbons (Fsp3) is 0.235. The number of fused-ring (bicyclic) bond motifs is 1. The lowest BCUT2D eigenvalue weighted by atomic mass is 10.2. The van der Waals surface area contributed by atoms with Crippen LogP contribution in [0, 0.1) is 0 Å². The Balaban J connectivity index is 1.77. The summed E-state index contributed by atoms with van der Waals surface area (Å²) in [6.07, 6.45) is 3.35. The lowest BCUT2D eigenvalue weighted by molar-refractivity contribution is 0.425. The van der Waals surface area contributed by atoms with Crippen molar-refractivity contribution in [3.8, 4) is 0 Å². The maximum atomic E-state index is 4.44. The normalized spacial score (nSPS) is 10.9. The van der Waals surface area contributed by atoms with Crippen LogP contribution in [0.25, 0.3) is 10.9 Å². The minimum Gasteiger partial charge on any atom is -0.369 e. The number of para-hydroxylation sites is 1. The smallest absolute Gasteiger partial charge is 0.135 e. The van der Waals surface area contributed by atoms with Gasteiger partial charge in [-0.15, -0.1) is 0 Å². The van der Waals surface area contributed by atoms with Crippen LogP contribution < -0.4 is 10.6 Å². The molecule has 23 heavy (non-hydrogen) atoms. The fourth-order valence-electron chi connectivity index (χ4n) is 2.27. The molecule has 0 saturated carbocycles. The molecule has 0 saturated heterocycles. The topological polar surface area (TPSA) is 66.0 Å². The molecule has 3 aromatic rings. The lowest BCUT2D eigenvalue weighted by Gasteiger charge is -2.12. The van der Waals surface area contributed by atoms with Crippen LogP contribution in [-0.2, 0) is 0 Å². The van der Waals surface area contributed by atoms with E-state index in [4.69, 9.17) is 0 Å². The van der Waals surface area contributed by atoms with E-state index in [1.165, 1.54) is 0 Å². The molecule has 0 aliphatic carbocycles. The van der Waals surface area contributed by atoms with Crippen molar-refractivity contribution in [3.63, 3.8) is 0 Å². The molecular formula is C17H20N6. The highest BCUT2D eigenvalue weighted by Gasteiger charge is 2.04. The first-order valence-corrected chi connectivity index (χ1v) is 7.54. The van der Waals surface area contributed by atoms with Crippen LogP contribution >= 0.6 is 0 Å². The van der Waals surface area contributed by atoms with Gasteiger partial charge in [-0.1, -0.05) is 18.2 Å². The van der Waals surface area contributed by atoms with Gasteiger partial charge in [-0.25, -0.2) is 9.97 Å². The van der Waals surface area contributed by atoms with Gasteiger partial charge in [0.1, 0.15) is 18.0 Å². The third-order valence-corrected chi connectivity index (χ3v) is 3.43. The number of hydrogen-bond donors (Lipinski definition) is 2. The Morgan fingerprint density at radius 3 is 2.70 bits per heavy atom. The van der Waals surface area contributed by atoms with Crippen molar-refractivity contribution in [2.45, 2.75) is 0 Å². The maximum absolute atomic E-state index is 4.44. The Kier molecular flexibility index (Phi) is 4.63. The van der Waals surface area contributed by atoms with Crippen molar-refractivity contribution >= 4 is 28.2 Å². The number of likely N-dealkylation sites (N-methyl/N-ethyl adjacent to an activating group) is 1. The first kappa shape index (κ1) is 15.2. The Labute approximate surface area is 135 Å². The zero-order chi connectivity index (χ0) is 16.1. The number of aromatic nitrogens is 3. The van der Waals surface area contributed by atoms with Gasteiger partial charge < -0.3 is 15.5 Å². The van der Waals surface area contributed by atoms with Crippen molar-refractivity contribution in [2.24, 2.45) is 0 Å². The molecule has 0 radical (unpaired) electrons. The van der Waals surface area contributed by atoms with Gasteiger partial charge in [0, 0.05) is 30.7 Å². The first-order chi connectivity index (χ1) is 11.2. The highest BCUT2D eigenvalue weighted by atomic mass is 15.1. The number of anilines is 3. The average molecular weight is 308 g/mol. The van der Waals surface area contributed by atoms with E-state index in [-0.39, 0.29) is 0 Å². The standard InChI is InChI=1S/C17H20N6/c1-23(2)10-9-18-15-11-16(21-12-20-15)22-14-7-3-5-13-6-4-8-19-17(13)14/h3-8,11-12H,9-10H2,1-2H3,(H2,18,20,21,22). The van der Waals surface area contributed by atoms with Crippen LogP contribution in [0.1, 0.15) is 0 Å². The average Bonchev–Trinajstić information content (AvgIpc) is 2.55. The Hall–Kier alpha value is -2.73. The Morgan fingerprint density at radius 1 is 1.00 bits per heavy atom. The van der Waals surface area contributed by atoms with Crippen LogP contribution in [0.3, 0.4) is 0 Å². The molecule has 118 valence electrons. The molecule has 0 aliphatic heterocycles. The predicted octanol–water partition coefficient (Wildman–Crippen LogP) is 2.74. The van der Waals surface area contributed by atoms with Crippen LogP contribution in [0.4, 0.5) is 17.3 Å². The molecule has 3 rings (SSSR count). The van der Waals surface area contributed by atoms with Crippen molar-refractivity contribution in [1.29, 1.82) is 0 Å². The summed E-state index contributed by atoms with van der Waals surface area (Å²) < 4.78 is 0. The van der Waals surface area contributed by atoms with Gasteiger partial charge in [0.2, 0.25) is 0 Å². The molecule has 0 amide bonds. The summed E-state index contributed by atoms with van der Waals surface area (Å²) >= 11 is 0. The van der Waals surface area contributed by atoms with E-state index in [1.54, 1.807) is 12.5 Å². The van der Waals surface area contributed by atoms with Crippen LogP contribution in [0.15, 0.2) is 48.9 Å². The molecule has 0 unspecified atom stereocenters. The summed E-state index contributed by atoms with van der Waals surface area (Å²) in [7, 11) is 4.09. The van der Waals surface area contributed by atoms with E-state index in [0.29, 0.717) is 0 Å². The molecule has 0 fully saturated rings. The molecule has 2 aromatic heterocycles. The van der Waals surface area contributed by atoms with E-state index in [0.717, 1.165) is 41.3 Å². The van der Waals surface area contributed by atoms with Crippen molar-refractivity contribution in [2.75, 3.05) is 37.8 Å². The fourth-order valence-corrected chi connectivity index (χ4v) is 2.27. The van der Waals surface area contributed by atoms with Crippen molar-refractivity contribution < 1.29 is 0 Å². The van der Waals surface area contributed by atoms with Crippen LogP contribution in [-0.4, -0.2) is 47.0 Å². The SMILES string of the molecule is CN(C)CCNc1cc(Nc2cccc3cccnc23)ncn1. The third kappa shape index (κ3) is 3.92. The zero-order valence-electron chi connectivity index (χ0n) is 13.3. The molecule has 6 nitrogen and oxygen atoms in total. The third-order valence-electron chi connectivity index (χ3n) is 3.43. The van der Waals surface area contributed by atoms with Gasteiger partial charge in [-0.3, -0.25) is 4.98 Å². The van der Waals surface area contributed by atoms with Gasteiger partial charge in [0.25, 0.3) is 0 Å². The largest absolute Gasteiger partial charge is 0.369 e. The van der Waals surface area contributed by atoms with Crippen LogP contribution in [0.2, 0.25) is 0 Å². The summed E-state index contributed by atoms with van der Waals surface area (Å²) in [4.78, 5) is 15.1. The molecule has 2 heterocycles. The second-order valence-corrected chi connectivity index (χ2v) is 5.52. The number of rotatable bonds is 6. The zero-order valence-corrected chi connectivity index (χ0v) is 13.3. The summed E-state index contributed by atoms with van der Waals surface area (Å²) in [5.41, 5.74) is 1.86. The van der Waals surface area contributed by atoms with E-state index < -0.39 is 0 Å². The summed E-state index contributed by atoms with van der Waals surface area (Å²) in [5, 5.41) is 7.71. The quantitative estimate of drug-likeness (QED) is 0.730. The van der Waals surface area contributed by atoms with Gasteiger partial charge >= 0.3 is 0 Å². The van der Waals surface area contributed by atoms with E-state index in [2.05, 4.69) is 30.5 Å². The molecule has 0 aliphatic rings. The number of nitrogens with one attached hydrogen (secondary N) is 2. The monoisotopic (exact) mass is 308 g/mol. The highest BCUT2D eigenvalue weighted by Crippen LogP contribution is 2.24. The molecule has 6 heteroatoms.